The summed E-state index contributed by atoms with van der Waals surface area (Å²) in [5, 5.41) is 9.68. The number of rotatable bonds is 1. The van der Waals surface area contributed by atoms with Crippen LogP contribution in [0.15, 0.2) is 0 Å². The van der Waals surface area contributed by atoms with Crippen LogP contribution in [0, 0.1) is 0 Å². The molecule has 0 unspecified atom stereocenters. The first-order valence-corrected chi connectivity index (χ1v) is 5.09. The zero-order chi connectivity index (χ0) is 10.8. The second-order valence-corrected chi connectivity index (χ2v) is 4.42. The number of amides is 1. The summed E-state index contributed by atoms with van der Waals surface area (Å²) in [5.41, 5.74) is -0.616. The van der Waals surface area contributed by atoms with E-state index >= 15 is 0 Å². The number of likely N-dealkylation sites (tertiary alicyclic amines) is 1. The highest BCUT2D eigenvalue weighted by molar-refractivity contribution is 5.67. The third kappa shape index (κ3) is 3.18. The topological polar surface area (TPSA) is 49.8 Å². The molecule has 4 heteroatoms. The smallest absolute Gasteiger partial charge is 0.410 e. The maximum Gasteiger partial charge on any atom is 0.410 e. The number of piperidine rings is 1. The molecule has 1 rings (SSSR count). The van der Waals surface area contributed by atoms with Crippen molar-refractivity contribution in [3.8, 4) is 0 Å². The van der Waals surface area contributed by atoms with Crippen LogP contribution in [0.4, 0.5) is 4.79 Å². The van der Waals surface area contributed by atoms with Gasteiger partial charge in [-0.25, -0.2) is 4.79 Å². The van der Waals surface area contributed by atoms with Crippen LogP contribution in [0.1, 0.15) is 33.6 Å². The number of hydrogen-bond acceptors (Lipinski definition) is 3. The zero-order valence-corrected chi connectivity index (χ0v) is 9.12. The summed E-state index contributed by atoms with van der Waals surface area (Å²) in [6.45, 7) is 6.63. The van der Waals surface area contributed by atoms with E-state index in [0.717, 1.165) is 0 Å². The Morgan fingerprint density at radius 1 is 1.43 bits per heavy atom. The molecule has 0 saturated carbocycles. The molecule has 0 aromatic rings. The Balaban J connectivity index is 2.38. The van der Waals surface area contributed by atoms with Crippen LogP contribution in [-0.4, -0.2) is 40.9 Å². The summed E-state index contributed by atoms with van der Waals surface area (Å²) in [7, 11) is 0. The maximum atomic E-state index is 11.4. The van der Waals surface area contributed by atoms with Gasteiger partial charge in [0.2, 0.25) is 0 Å². The molecule has 0 bridgehead atoms. The lowest BCUT2D eigenvalue weighted by Crippen LogP contribution is -2.45. The first-order valence-electron chi connectivity index (χ1n) is 5.09. The minimum Gasteiger partial charge on any atom is -0.447 e. The van der Waals surface area contributed by atoms with Crippen molar-refractivity contribution < 1.29 is 14.6 Å². The number of nitrogens with zero attached hydrogens (tertiary/aromatic N) is 1. The van der Waals surface area contributed by atoms with Gasteiger partial charge in [0.1, 0.15) is 0 Å². The van der Waals surface area contributed by atoms with E-state index in [4.69, 9.17) is 4.74 Å². The van der Waals surface area contributed by atoms with Gasteiger partial charge in [-0.2, -0.15) is 0 Å². The number of ether oxygens (including phenoxy) is 1. The van der Waals surface area contributed by atoms with Crippen molar-refractivity contribution in [3.63, 3.8) is 0 Å². The van der Waals surface area contributed by atoms with E-state index in [1.54, 1.807) is 11.8 Å². The van der Waals surface area contributed by atoms with Crippen molar-refractivity contribution >= 4 is 6.09 Å². The third-order valence-electron chi connectivity index (χ3n) is 2.44. The molecule has 0 radical (unpaired) electrons. The van der Waals surface area contributed by atoms with Crippen LogP contribution in [-0.2, 0) is 4.74 Å². The van der Waals surface area contributed by atoms with E-state index in [2.05, 4.69) is 0 Å². The van der Waals surface area contributed by atoms with Gasteiger partial charge in [0.25, 0.3) is 0 Å². The SMILES string of the molecule is CC(C)OC(=O)N1CCC(C)(O)CC1. The summed E-state index contributed by atoms with van der Waals surface area (Å²) in [6, 6.07) is 0. The predicted molar refractivity (Wildman–Crippen MR) is 53.0 cm³/mol. The Hall–Kier alpha value is -0.770. The summed E-state index contributed by atoms with van der Waals surface area (Å²) in [6.07, 6.45) is 0.904. The Morgan fingerprint density at radius 3 is 2.36 bits per heavy atom. The fourth-order valence-corrected chi connectivity index (χ4v) is 1.45. The van der Waals surface area contributed by atoms with Crippen molar-refractivity contribution in [2.75, 3.05) is 13.1 Å². The maximum absolute atomic E-state index is 11.4. The third-order valence-corrected chi connectivity index (χ3v) is 2.44. The van der Waals surface area contributed by atoms with E-state index in [1.807, 2.05) is 13.8 Å². The molecule has 0 aromatic heterocycles. The molecule has 0 aromatic carbocycles. The molecular formula is C10H19NO3. The first kappa shape index (κ1) is 11.3. The van der Waals surface area contributed by atoms with Gasteiger partial charge in [-0.3, -0.25) is 0 Å². The van der Waals surface area contributed by atoms with Crippen molar-refractivity contribution in [2.45, 2.75) is 45.3 Å². The monoisotopic (exact) mass is 201 g/mol. The van der Waals surface area contributed by atoms with Crippen molar-refractivity contribution in [2.24, 2.45) is 0 Å². The van der Waals surface area contributed by atoms with E-state index in [9.17, 15) is 9.90 Å². The molecule has 0 atom stereocenters. The molecule has 14 heavy (non-hydrogen) atoms. The number of aliphatic hydroxyl groups is 1. The summed E-state index contributed by atoms with van der Waals surface area (Å²) in [5.74, 6) is 0. The minimum absolute atomic E-state index is 0.0788. The molecular weight excluding hydrogens is 182 g/mol. The van der Waals surface area contributed by atoms with Gasteiger partial charge in [0.15, 0.2) is 0 Å². The van der Waals surface area contributed by atoms with Crippen LogP contribution < -0.4 is 0 Å². The molecule has 1 aliphatic heterocycles. The Kier molecular flexibility index (Phi) is 3.37. The van der Waals surface area contributed by atoms with Crippen LogP contribution in [0.2, 0.25) is 0 Å². The van der Waals surface area contributed by atoms with E-state index in [0.29, 0.717) is 25.9 Å². The standard InChI is InChI=1S/C10H19NO3/c1-8(2)14-9(12)11-6-4-10(3,13)5-7-11/h8,13H,4-7H2,1-3H3. The quantitative estimate of drug-likeness (QED) is 0.697. The number of hydrogen-bond donors (Lipinski definition) is 1. The fourth-order valence-electron chi connectivity index (χ4n) is 1.45. The van der Waals surface area contributed by atoms with E-state index < -0.39 is 5.60 Å². The van der Waals surface area contributed by atoms with Gasteiger partial charge in [0.05, 0.1) is 11.7 Å². The lowest BCUT2D eigenvalue weighted by molar-refractivity contribution is -0.00941. The Morgan fingerprint density at radius 2 is 1.93 bits per heavy atom. The second-order valence-electron chi connectivity index (χ2n) is 4.42. The first-order chi connectivity index (χ1) is 6.41. The van der Waals surface area contributed by atoms with Crippen LogP contribution in [0.3, 0.4) is 0 Å². The molecule has 1 aliphatic rings. The number of carbonyl (C=O) groups excluding carboxylic acids is 1. The molecule has 0 spiro atoms. The van der Waals surface area contributed by atoms with Gasteiger partial charge in [-0.1, -0.05) is 0 Å². The number of carbonyl (C=O) groups is 1. The molecule has 1 heterocycles. The van der Waals surface area contributed by atoms with E-state index in [-0.39, 0.29) is 12.2 Å². The summed E-state index contributed by atoms with van der Waals surface area (Å²) >= 11 is 0. The average molecular weight is 201 g/mol. The van der Waals surface area contributed by atoms with Gasteiger partial charge in [-0.05, 0) is 33.6 Å². The lowest BCUT2D eigenvalue weighted by atomic mass is 9.94. The highest BCUT2D eigenvalue weighted by Crippen LogP contribution is 2.21. The molecule has 4 nitrogen and oxygen atoms in total. The normalized spacial score (nSPS) is 21.1. The Bertz CT molecular complexity index is 203. The van der Waals surface area contributed by atoms with Crippen LogP contribution in [0.25, 0.3) is 0 Å². The van der Waals surface area contributed by atoms with Crippen molar-refractivity contribution in [3.05, 3.63) is 0 Å². The summed E-state index contributed by atoms with van der Waals surface area (Å²) < 4.78 is 5.06. The predicted octanol–water partition coefficient (Wildman–Crippen LogP) is 1.38. The van der Waals surface area contributed by atoms with Crippen LogP contribution in [0.5, 0.6) is 0 Å². The molecule has 1 fully saturated rings. The van der Waals surface area contributed by atoms with Gasteiger partial charge < -0.3 is 14.7 Å². The summed E-state index contributed by atoms with van der Waals surface area (Å²) in [4.78, 5) is 13.1. The van der Waals surface area contributed by atoms with Gasteiger partial charge in [-0.15, -0.1) is 0 Å². The lowest BCUT2D eigenvalue weighted by Gasteiger charge is -2.35. The van der Waals surface area contributed by atoms with E-state index in [1.165, 1.54) is 0 Å². The highest BCUT2D eigenvalue weighted by Gasteiger charge is 2.30. The highest BCUT2D eigenvalue weighted by atomic mass is 16.6. The van der Waals surface area contributed by atoms with Crippen molar-refractivity contribution in [1.29, 1.82) is 0 Å². The molecule has 1 N–H and O–H groups in total. The zero-order valence-electron chi connectivity index (χ0n) is 9.12. The van der Waals surface area contributed by atoms with Crippen LogP contribution >= 0.6 is 0 Å². The molecule has 1 amide bonds. The average Bonchev–Trinajstić information content (AvgIpc) is 2.02. The second kappa shape index (κ2) is 4.17. The largest absolute Gasteiger partial charge is 0.447 e. The Labute approximate surface area is 84.8 Å². The molecule has 82 valence electrons. The van der Waals surface area contributed by atoms with Gasteiger partial charge >= 0.3 is 6.09 Å². The fraction of sp³-hybridized carbons (Fsp3) is 0.900. The van der Waals surface area contributed by atoms with Gasteiger partial charge in [0, 0.05) is 13.1 Å². The molecule has 1 saturated heterocycles. The minimum atomic E-state index is -0.616. The molecule has 0 aliphatic carbocycles. The van der Waals surface area contributed by atoms with Crippen molar-refractivity contribution in [1.82, 2.24) is 4.90 Å².